The largest absolute Gasteiger partial charge is 0.488 e. The van der Waals surface area contributed by atoms with Crippen molar-refractivity contribution in [2.24, 2.45) is 5.92 Å². The van der Waals surface area contributed by atoms with E-state index in [9.17, 15) is 0 Å². The van der Waals surface area contributed by atoms with E-state index < -0.39 is 0 Å². The molecule has 0 saturated heterocycles. The number of hydrogen-bond acceptors (Lipinski definition) is 3. The van der Waals surface area contributed by atoms with Crippen LogP contribution in [0.5, 0.6) is 5.75 Å². The lowest BCUT2D eigenvalue weighted by atomic mass is 10.2. The second-order valence-electron chi connectivity index (χ2n) is 5.16. The van der Waals surface area contributed by atoms with Crippen molar-refractivity contribution in [3.8, 4) is 5.75 Å². The monoisotopic (exact) mass is 309 g/mol. The van der Waals surface area contributed by atoms with E-state index in [1.54, 1.807) is 11.3 Å². The maximum atomic E-state index is 5.89. The molecule has 108 valence electrons. The van der Waals surface area contributed by atoms with Gasteiger partial charge in [-0.2, -0.15) is 0 Å². The molecule has 20 heavy (non-hydrogen) atoms. The summed E-state index contributed by atoms with van der Waals surface area (Å²) in [5, 5.41) is 3.43. The molecule has 2 rings (SSSR count). The van der Waals surface area contributed by atoms with Gasteiger partial charge in [0.1, 0.15) is 12.4 Å². The average Bonchev–Trinajstić information content (AvgIpc) is 2.83. The van der Waals surface area contributed by atoms with Gasteiger partial charge in [0, 0.05) is 11.4 Å². The first-order valence-corrected chi connectivity index (χ1v) is 7.99. The van der Waals surface area contributed by atoms with Gasteiger partial charge in [0.25, 0.3) is 0 Å². The summed E-state index contributed by atoms with van der Waals surface area (Å²) in [5.41, 5.74) is 1.28. The van der Waals surface area contributed by atoms with E-state index in [0.717, 1.165) is 28.1 Å². The van der Waals surface area contributed by atoms with Crippen LogP contribution in [0, 0.1) is 5.92 Å². The van der Waals surface area contributed by atoms with Crippen LogP contribution < -0.4 is 10.1 Å². The van der Waals surface area contributed by atoms with Gasteiger partial charge in [-0.15, -0.1) is 11.3 Å². The average molecular weight is 310 g/mol. The normalized spacial score (nSPS) is 11.0. The lowest BCUT2D eigenvalue weighted by Crippen LogP contribution is -2.18. The third-order valence-electron chi connectivity index (χ3n) is 2.82. The SMILES string of the molecule is CC(C)CNCc1ccc(OCc2ccc(Cl)s2)cc1. The molecule has 0 amide bonds. The van der Waals surface area contributed by atoms with Crippen molar-refractivity contribution in [2.75, 3.05) is 6.54 Å². The number of ether oxygens (including phenoxy) is 1. The Morgan fingerprint density at radius 2 is 1.90 bits per heavy atom. The van der Waals surface area contributed by atoms with Gasteiger partial charge in [-0.1, -0.05) is 37.6 Å². The maximum Gasteiger partial charge on any atom is 0.122 e. The second kappa shape index (κ2) is 7.67. The summed E-state index contributed by atoms with van der Waals surface area (Å²) in [6, 6.07) is 12.1. The van der Waals surface area contributed by atoms with Crippen LogP contribution in [0.25, 0.3) is 0 Å². The predicted molar refractivity (Wildman–Crippen MR) is 86.6 cm³/mol. The summed E-state index contributed by atoms with van der Waals surface area (Å²) in [6.07, 6.45) is 0. The number of halogens is 1. The Balaban J connectivity index is 1.79. The molecule has 0 fully saturated rings. The van der Waals surface area contributed by atoms with Crippen molar-refractivity contribution < 1.29 is 4.74 Å². The van der Waals surface area contributed by atoms with Crippen molar-refractivity contribution in [2.45, 2.75) is 27.0 Å². The molecular weight excluding hydrogens is 290 g/mol. The Kier molecular flexibility index (Phi) is 5.89. The van der Waals surface area contributed by atoms with Gasteiger partial charge in [0.15, 0.2) is 0 Å². The van der Waals surface area contributed by atoms with Gasteiger partial charge >= 0.3 is 0 Å². The number of thiophene rings is 1. The maximum absolute atomic E-state index is 5.89. The summed E-state index contributed by atoms with van der Waals surface area (Å²) in [6.45, 7) is 6.93. The molecule has 0 bridgehead atoms. The number of hydrogen-bond donors (Lipinski definition) is 1. The molecule has 1 aromatic carbocycles. The number of rotatable bonds is 7. The Morgan fingerprint density at radius 3 is 2.50 bits per heavy atom. The molecule has 1 heterocycles. The zero-order valence-corrected chi connectivity index (χ0v) is 13.4. The minimum absolute atomic E-state index is 0.572. The van der Waals surface area contributed by atoms with Gasteiger partial charge < -0.3 is 10.1 Å². The van der Waals surface area contributed by atoms with Crippen molar-refractivity contribution >= 4 is 22.9 Å². The van der Waals surface area contributed by atoms with Crippen LogP contribution in [0.3, 0.4) is 0 Å². The van der Waals surface area contributed by atoms with E-state index in [0.29, 0.717) is 12.5 Å². The summed E-state index contributed by atoms with van der Waals surface area (Å²) in [5.74, 6) is 1.57. The first-order chi connectivity index (χ1) is 9.63. The third kappa shape index (κ3) is 5.16. The summed E-state index contributed by atoms with van der Waals surface area (Å²) in [4.78, 5) is 1.14. The van der Waals surface area contributed by atoms with Crippen LogP contribution in [0.1, 0.15) is 24.3 Å². The highest BCUT2D eigenvalue weighted by molar-refractivity contribution is 7.16. The van der Waals surface area contributed by atoms with Crippen molar-refractivity contribution in [3.05, 3.63) is 51.2 Å². The topological polar surface area (TPSA) is 21.3 Å². The van der Waals surface area contributed by atoms with E-state index in [-0.39, 0.29) is 0 Å². The van der Waals surface area contributed by atoms with E-state index in [1.807, 2.05) is 24.3 Å². The molecular formula is C16H20ClNOS. The van der Waals surface area contributed by atoms with E-state index in [2.05, 4.69) is 31.3 Å². The number of nitrogens with one attached hydrogen (secondary N) is 1. The summed E-state index contributed by atoms with van der Waals surface area (Å²) < 4.78 is 6.54. The number of benzene rings is 1. The first-order valence-electron chi connectivity index (χ1n) is 6.80. The highest BCUT2D eigenvalue weighted by Gasteiger charge is 2.00. The van der Waals surface area contributed by atoms with Crippen LogP contribution in [0.15, 0.2) is 36.4 Å². The summed E-state index contributed by atoms with van der Waals surface area (Å²) in [7, 11) is 0. The van der Waals surface area contributed by atoms with Gasteiger partial charge in [-0.05, 0) is 42.3 Å². The molecule has 4 heteroatoms. The van der Waals surface area contributed by atoms with Gasteiger partial charge in [-0.25, -0.2) is 0 Å². The fourth-order valence-electron chi connectivity index (χ4n) is 1.79. The van der Waals surface area contributed by atoms with E-state index >= 15 is 0 Å². The van der Waals surface area contributed by atoms with Crippen molar-refractivity contribution in [3.63, 3.8) is 0 Å². The van der Waals surface area contributed by atoms with Gasteiger partial charge in [0.2, 0.25) is 0 Å². The van der Waals surface area contributed by atoms with Crippen LogP contribution in [0.2, 0.25) is 4.34 Å². The third-order valence-corrected chi connectivity index (χ3v) is 4.02. The molecule has 1 N–H and O–H groups in total. The Bertz CT molecular complexity index is 522. The highest BCUT2D eigenvalue weighted by Crippen LogP contribution is 2.23. The smallest absolute Gasteiger partial charge is 0.122 e. The molecule has 0 aliphatic heterocycles. The molecule has 0 unspecified atom stereocenters. The molecule has 2 aromatic rings. The molecule has 0 aliphatic carbocycles. The lowest BCUT2D eigenvalue weighted by molar-refractivity contribution is 0.309. The molecule has 2 nitrogen and oxygen atoms in total. The minimum Gasteiger partial charge on any atom is -0.488 e. The summed E-state index contributed by atoms with van der Waals surface area (Å²) >= 11 is 7.44. The fraction of sp³-hybridized carbons (Fsp3) is 0.375. The van der Waals surface area contributed by atoms with Gasteiger partial charge in [0.05, 0.1) is 4.34 Å². The fourth-order valence-corrected chi connectivity index (χ4v) is 2.79. The lowest BCUT2D eigenvalue weighted by Gasteiger charge is -2.09. The molecule has 0 aliphatic rings. The van der Waals surface area contributed by atoms with Gasteiger partial charge in [-0.3, -0.25) is 0 Å². The standard InChI is InChI=1S/C16H20ClNOS/c1-12(2)9-18-10-13-3-5-14(6-4-13)19-11-15-7-8-16(17)20-15/h3-8,12,18H,9-11H2,1-2H3. The Hall–Kier alpha value is -1.03. The van der Waals surface area contributed by atoms with Crippen molar-refractivity contribution in [1.29, 1.82) is 0 Å². The Morgan fingerprint density at radius 1 is 1.15 bits per heavy atom. The zero-order chi connectivity index (χ0) is 14.4. The molecule has 0 spiro atoms. The quantitative estimate of drug-likeness (QED) is 0.798. The van der Waals surface area contributed by atoms with Crippen LogP contribution in [-0.4, -0.2) is 6.54 Å². The van der Waals surface area contributed by atoms with Crippen LogP contribution >= 0.6 is 22.9 Å². The van der Waals surface area contributed by atoms with E-state index in [4.69, 9.17) is 16.3 Å². The van der Waals surface area contributed by atoms with Crippen LogP contribution in [0.4, 0.5) is 0 Å². The Labute approximate surface area is 129 Å². The minimum atomic E-state index is 0.572. The highest BCUT2D eigenvalue weighted by atomic mass is 35.5. The van der Waals surface area contributed by atoms with Crippen LogP contribution in [-0.2, 0) is 13.2 Å². The second-order valence-corrected chi connectivity index (χ2v) is 6.96. The predicted octanol–water partition coefficient (Wildman–Crippen LogP) is 4.73. The molecule has 0 saturated carbocycles. The molecule has 1 aromatic heterocycles. The first kappa shape index (κ1) is 15.4. The molecule has 0 radical (unpaired) electrons. The van der Waals surface area contributed by atoms with E-state index in [1.165, 1.54) is 5.56 Å². The zero-order valence-electron chi connectivity index (χ0n) is 11.9. The molecule has 0 atom stereocenters. The van der Waals surface area contributed by atoms with Crippen molar-refractivity contribution in [1.82, 2.24) is 5.32 Å².